The van der Waals surface area contributed by atoms with Crippen LogP contribution < -0.4 is 4.90 Å². The Morgan fingerprint density at radius 1 is 1.07 bits per heavy atom. The molecule has 0 unspecified atom stereocenters. The predicted octanol–water partition coefficient (Wildman–Crippen LogP) is 5.06. The van der Waals surface area contributed by atoms with Gasteiger partial charge in [-0.15, -0.1) is 0 Å². The second-order valence-corrected chi connectivity index (χ2v) is 7.56. The largest absolute Gasteiger partial charge is 0.328 e. The molecule has 2 aromatic carbocycles. The third-order valence-electron chi connectivity index (χ3n) is 5.51. The van der Waals surface area contributed by atoms with E-state index in [0.717, 1.165) is 30.0 Å². The van der Waals surface area contributed by atoms with E-state index in [1.165, 1.54) is 23.9 Å². The fraction of sp³-hybridized carbons (Fsp3) is 0.391. The highest BCUT2D eigenvalue weighted by Gasteiger charge is 2.34. The van der Waals surface area contributed by atoms with Crippen LogP contribution in [0.3, 0.4) is 0 Å². The highest BCUT2D eigenvalue weighted by atomic mass is 16.2. The molecule has 0 saturated carbocycles. The number of anilines is 1. The van der Waals surface area contributed by atoms with Crippen molar-refractivity contribution in [2.75, 3.05) is 11.4 Å². The number of amides is 1. The topological polar surface area (TPSA) is 38.1 Å². The summed E-state index contributed by atoms with van der Waals surface area (Å²) < 4.78 is 2.35. The molecule has 2 heterocycles. The Morgan fingerprint density at radius 2 is 1.85 bits per heavy atom. The Morgan fingerprint density at radius 3 is 2.63 bits per heavy atom. The average molecular weight is 361 g/mol. The molecule has 1 atom stereocenters. The number of unbranched alkanes of at least 4 members (excludes halogenated alkanes) is 2. The average Bonchev–Trinajstić information content (AvgIpc) is 3.24. The standard InChI is InChI=1S/C23H27N3O/c1-3-4-7-14-25-21-9-6-5-8-20(21)24-23(25)18-15-22(27)26(16-18)19-12-10-17(2)11-13-19/h5-6,8-13,18H,3-4,7,14-16H2,1-2H3/t18-/m0/s1. The van der Waals surface area contributed by atoms with Crippen LogP contribution in [0, 0.1) is 6.92 Å². The number of imidazole rings is 1. The summed E-state index contributed by atoms with van der Waals surface area (Å²) in [4.78, 5) is 19.6. The number of nitrogens with zero attached hydrogens (tertiary/aromatic N) is 3. The SMILES string of the molecule is CCCCCn1c([C@H]2CC(=O)N(c3ccc(C)cc3)C2)nc2ccccc21. The Hall–Kier alpha value is -2.62. The van der Waals surface area contributed by atoms with E-state index in [0.29, 0.717) is 13.0 Å². The van der Waals surface area contributed by atoms with Crippen LogP contribution in [0.1, 0.15) is 49.9 Å². The molecule has 4 heteroatoms. The molecule has 140 valence electrons. The minimum atomic E-state index is 0.146. The molecule has 1 aliphatic heterocycles. The maximum Gasteiger partial charge on any atom is 0.227 e. The molecule has 1 aliphatic rings. The summed E-state index contributed by atoms with van der Waals surface area (Å²) in [5.74, 6) is 1.40. The van der Waals surface area contributed by atoms with Crippen LogP contribution in [-0.4, -0.2) is 22.0 Å². The van der Waals surface area contributed by atoms with Crippen molar-refractivity contribution < 1.29 is 4.79 Å². The fourth-order valence-corrected chi connectivity index (χ4v) is 4.02. The number of hydrogen-bond donors (Lipinski definition) is 0. The zero-order valence-electron chi connectivity index (χ0n) is 16.2. The molecule has 0 spiro atoms. The van der Waals surface area contributed by atoms with Gasteiger partial charge in [0.1, 0.15) is 5.82 Å². The zero-order chi connectivity index (χ0) is 18.8. The van der Waals surface area contributed by atoms with E-state index in [2.05, 4.69) is 48.7 Å². The summed E-state index contributed by atoms with van der Waals surface area (Å²) in [5.41, 5.74) is 4.41. The molecule has 1 aromatic heterocycles. The molecule has 0 radical (unpaired) electrons. The van der Waals surface area contributed by atoms with Crippen molar-refractivity contribution in [2.45, 2.75) is 52.0 Å². The van der Waals surface area contributed by atoms with Gasteiger partial charge in [-0.2, -0.15) is 0 Å². The lowest BCUT2D eigenvalue weighted by Crippen LogP contribution is -2.24. The summed E-state index contributed by atoms with van der Waals surface area (Å²) in [7, 11) is 0. The summed E-state index contributed by atoms with van der Waals surface area (Å²) in [6.45, 7) is 5.97. The molecule has 1 fully saturated rings. The van der Waals surface area contributed by atoms with Gasteiger partial charge in [0.15, 0.2) is 0 Å². The molecular weight excluding hydrogens is 334 g/mol. The lowest BCUT2D eigenvalue weighted by atomic mass is 10.1. The van der Waals surface area contributed by atoms with E-state index in [1.807, 2.05) is 23.1 Å². The van der Waals surface area contributed by atoms with Crippen LogP contribution in [-0.2, 0) is 11.3 Å². The number of hydrogen-bond acceptors (Lipinski definition) is 2. The van der Waals surface area contributed by atoms with E-state index in [-0.39, 0.29) is 11.8 Å². The van der Waals surface area contributed by atoms with Gasteiger partial charge < -0.3 is 9.47 Å². The van der Waals surface area contributed by atoms with Gasteiger partial charge in [-0.25, -0.2) is 4.98 Å². The summed E-state index contributed by atoms with van der Waals surface area (Å²) in [5, 5.41) is 0. The minimum Gasteiger partial charge on any atom is -0.328 e. The molecule has 0 aliphatic carbocycles. The van der Waals surface area contributed by atoms with Crippen molar-refractivity contribution in [3.63, 3.8) is 0 Å². The van der Waals surface area contributed by atoms with Crippen molar-refractivity contribution in [1.82, 2.24) is 9.55 Å². The Kier molecular flexibility index (Phi) is 4.97. The minimum absolute atomic E-state index is 0.146. The predicted molar refractivity (Wildman–Crippen MR) is 110 cm³/mol. The van der Waals surface area contributed by atoms with Crippen LogP contribution in [0.4, 0.5) is 5.69 Å². The van der Waals surface area contributed by atoms with Gasteiger partial charge in [0.05, 0.1) is 11.0 Å². The maximum atomic E-state index is 12.7. The van der Waals surface area contributed by atoms with Crippen molar-refractivity contribution in [2.24, 2.45) is 0 Å². The van der Waals surface area contributed by atoms with Crippen molar-refractivity contribution in [3.8, 4) is 0 Å². The number of aromatic nitrogens is 2. The van der Waals surface area contributed by atoms with Gasteiger partial charge in [-0.05, 0) is 37.6 Å². The molecule has 0 bridgehead atoms. The van der Waals surface area contributed by atoms with E-state index in [1.54, 1.807) is 0 Å². The second kappa shape index (κ2) is 7.55. The number of aryl methyl sites for hydroxylation is 2. The number of carbonyl (C=O) groups excluding carboxylic acids is 1. The van der Waals surface area contributed by atoms with E-state index < -0.39 is 0 Å². The second-order valence-electron chi connectivity index (χ2n) is 7.56. The molecule has 27 heavy (non-hydrogen) atoms. The third-order valence-corrected chi connectivity index (χ3v) is 5.51. The smallest absolute Gasteiger partial charge is 0.227 e. The van der Waals surface area contributed by atoms with Gasteiger partial charge in [-0.1, -0.05) is 49.6 Å². The van der Waals surface area contributed by atoms with Crippen molar-refractivity contribution >= 4 is 22.6 Å². The van der Waals surface area contributed by atoms with Crippen LogP contribution >= 0.6 is 0 Å². The highest BCUT2D eigenvalue weighted by Crippen LogP contribution is 2.33. The van der Waals surface area contributed by atoms with Crippen molar-refractivity contribution in [3.05, 3.63) is 59.9 Å². The lowest BCUT2D eigenvalue weighted by Gasteiger charge is -2.17. The van der Waals surface area contributed by atoms with Crippen LogP contribution in [0.25, 0.3) is 11.0 Å². The number of carbonyl (C=O) groups is 1. The lowest BCUT2D eigenvalue weighted by molar-refractivity contribution is -0.117. The normalized spacial score (nSPS) is 17.2. The van der Waals surface area contributed by atoms with Gasteiger partial charge in [0.2, 0.25) is 5.91 Å². The van der Waals surface area contributed by atoms with Gasteiger partial charge in [0, 0.05) is 31.1 Å². The van der Waals surface area contributed by atoms with Crippen LogP contribution in [0.5, 0.6) is 0 Å². The molecule has 0 N–H and O–H groups in total. The van der Waals surface area contributed by atoms with Crippen LogP contribution in [0.2, 0.25) is 0 Å². The van der Waals surface area contributed by atoms with Crippen LogP contribution in [0.15, 0.2) is 48.5 Å². The Labute approximate surface area is 160 Å². The van der Waals surface area contributed by atoms with E-state index >= 15 is 0 Å². The van der Waals surface area contributed by atoms with E-state index in [4.69, 9.17) is 4.98 Å². The fourth-order valence-electron chi connectivity index (χ4n) is 4.02. The van der Waals surface area contributed by atoms with Gasteiger partial charge in [-0.3, -0.25) is 4.79 Å². The monoisotopic (exact) mass is 361 g/mol. The first-order valence-corrected chi connectivity index (χ1v) is 9.99. The number of para-hydroxylation sites is 2. The third kappa shape index (κ3) is 3.48. The Balaban J connectivity index is 1.64. The quantitative estimate of drug-likeness (QED) is 0.576. The first-order valence-electron chi connectivity index (χ1n) is 9.99. The number of benzene rings is 2. The zero-order valence-corrected chi connectivity index (χ0v) is 16.2. The molecule has 1 saturated heterocycles. The Bertz CT molecular complexity index is 942. The molecule has 3 aromatic rings. The summed E-state index contributed by atoms with van der Waals surface area (Å²) >= 11 is 0. The first-order chi connectivity index (χ1) is 13.2. The highest BCUT2D eigenvalue weighted by molar-refractivity contribution is 5.96. The molecule has 1 amide bonds. The van der Waals surface area contributed by atoms with E-state index in [9.17, 15) is 4.79 Å². The maximum absolute atomic E-state index is 12.7. The first kappa shape index (κ1) is 17.8. The molecule has 4 rings (SSSR count). The van der Waals surface area contributed by atoms with Gasteiger partial charge in [0.25, 0.3) is 0 Å². The molecule has 4 nitrogen and oxygen atoms in total. The van der Waals surface area contributed by atoms with Crippen molar-refractivity contribution in [1.29, 1.82) is 0 Å². The number of fused-ring (bicyclic) bond motifs is 1. The summed E-state index contributed by atoms with van der Waals surface area (Å²) in [6.07, 6.45) is 4.09. The van der Waals surface area contributed by atoms with Gasteiger partial charge >= 0.3 is 0 Å². The summed E-state index contributed by atoms with van der Waals surface area (Å²) in [6, 6.07) is 16.5. The molecular formula is C23H27N3O. The number of rotatable bonds is 6.